The van der Waals surface area contributed by atoms with Crippen molar-refractivity contribution in [1.29, 1.82) is 0 Å². The van der Waals surface area contributed by atoms with Gasteiger partial charge in [0.05, 0.1) is 11.4 Å². The van der Waals surface area contributed by atoms with Crippen molar-refractivity contribution in [2.75, 3.05) is 5.48 Å². The fourth-order valence-electron chi connectivity index (χ4n) is 2.15. The van der Waals surface area contributed by atoms with Crippen molar-refractivity contribution in [1.82, 2.24) is 14.8 Å². The first-order valence-electron chi connectivity index (χ1n) is 7.71. The summed E-state index contributed by atoms with van der Waals surface area (Å²) >= 11 is 0. The maximum absolute atomic E-state index is 11.3. The zero-order chi connectivity index (χ0) is 17.2. The first-order chi connectivity index (χ1) is 11.4. The summed E-state index contributed by atoms with van der Waals surface area (Å²) in [6.45, 7) is 6.27. The minimum Gasteiger partial charge on any atom is -0.381 e. The third-order valence-electron chi connectivity index (χ3n) is 3.51. The zero-order valence-electron chi connectivity index (χ0n) is 13.9. The van der Waals surface area contributed by atoms with Crippen molar-refractivity contribution < 1.29 is 4.84 Å². The lowest BCUT2D eigenvalue weighted by Crippen LogP contribution is -2.13. The average Bonchev–Trinajstić information content (AvgIpc) is 2.99. The van der Waals surface area contributed by atoms with E-state index < -0.39 is 0 Å². The number of pyridine rings is 1. The van der Waals surface area contributed by atoms with E-state index in [2.05, 4.69) is 36.3 Å². The van der Waals surface area contributed by atoms with Gasteiger partial charge in [-0.3, -0.25) is 4.79 Å². The van der Waals surface area contributed by atoms with Gasteiger partial charge in [0.1, 0.15) is 0 Å². The highest BCUT2D eigenvalue weighted by Crippen LogP contribution is 2.26. The Hall–Kier alpha value is -3.02. The number of para-hydroxylation sites is 1. The second kappa shape index (κ2) is 6.23. The highest BCUT2D eigenvalue weighted by Gasteiger charge is 2.21. The topological polar surface area (TPSA) is 71.9 Å². The van der Waals surface area contributed by atoms with Crippen LogP contribution in [0, 0.1) is 0 Å². The molecule has 0 spiro atoms. The summed E-state index contributed by atoms with van der Waals surface area (Å²) in [5.41, 5.74) is 4.32. The molecular formula is C18H20N4O2. The van der Waals surface area contributed by atoms with Crippen LogP contribution in [0.1, 0.15) is 26.5 Å². The van der Waals surface area contributed by atoms with Gasteiger partial charge in [0.25, 0.3) is 0 Å². The molecule has 3 aromatic rings. The molecule has 24 heavy (non-hydrogen) atoms. The molecule has 6 heteroatoms. The summed E-state index contributed by atoms with van der Waals surface area (Å²) in [5.74, 6) is 1.37. The van der Waals surface area contributed by atoms with E-state index in [9.17, 15) is 4.79 Å². The van der Waals surface area contributed by atoms with Crippen LogP contribution in [-0.2, 0) is 5.41 Å². The lowest BCUT2D eigenvalue weighted by atomic mass is 9.92. The summed E-state index contributed by atoms with van der Waals surface area (Å²) in [6, 6.07) is 14.6. The normalized spacial score (nSPS) is 11.3. The number of anilines is 1. The first-order valence-corrected chi connectivity index (χ1v) is 7.71. The van der Waals surface area contributed by atoms with Gasteiger partial charge in [0.2, 0.25) is 5.56 Å². The molecule has 0 saturated heterocycles. The Morgan fingerprint density at radius 3 is 2.50 bits per heavy atom. The molecule has 0 aliphatic carbocycles. The molecule has 0 amide bonds. The number of benzene rings is 1. The van der Waals surface area contributed by atoms with E-state index >= 15 is 0 Å². The van der Waals surface area contributed by atoms with Gasteiger partial charge in [-0.2, -0.15) is 5.10 Å². The molecule has 2 N–H and O–H groups in total. The van der Waals surface area contributed by atoms with Crippen LogP contribution in [0.3, 0.4) is 0 Å². The third-order valence-corrected chi connectivity index (χ3v) is 3.51. The number of aromatic amines is 1. The first kappa shape index (κ1) is 15.9. The Morgan fingerprint density at radius 2 is 1.88 bits per heavy atom. The second-order valence-corrected chi connectivity index (χ2v) is 6.50. The molecular weight excluding hydrogens is 304 g/mol. The fraction of sp³-hybridized carbons (Fsp3) is 0.222. The number of hydrogen-bond donors (Lipinski definition) is 2. The summed E-state index contributed by atoms with van der Waals surface area (Å²) in [5, 5.41) is 4.65. The molecule has 1 aromatic carbocycles. The van der Waals surface area contributed by atoms with Crippen molar-refractivity contribution in [2.24, 2.45) is 0 Å². The van der Waals surface area contributed by atoms with Gasteiger partial charge >= 0.3 is 0 Å². The van der Waals surface area contributed by atoms with Crippen molar-refractivity contribution in [2.45, 2.75) is 26.2 Å². The molecule has 2 aromatic heterocycles. The molecule has 0 unspecified atom stereocenters. The lowest BCUT2D eigenvalue weighted by Gasteiger charge is -2.14. The Labute approximate surface area is 140 Å². The molecule has 0 fully saturated rings. The number of hydrogen-bond acceptors (Lipinski definition) is 4. The summed E-state index contributed by atoms with van der Waals surface area (Å²) in [7, 11) is 0. The summed E-state index contributed by atoms with van der Waals surface area (Å²) in [6.07, 6.45) is 1.62. The summed E-state index contributed by atoms with van der Waals surface area (Å²) in [4.78, 5) is 19.6. The standard InChI is InChI=1S/C18H20N4O2/c1-18(2,3)15-11-16(21-24-14-7-5-4-6-8-14)22(20-15)13-9-10-17(23)19-12-13/h4-12,21H,1-3H3,(H,19,23). The Kier molecular flexibility index (Phi) is 4.12. The maximum atomic E-state index is 11.3. The van der Waals surface area contributed by atoms with Crippen LogP contribution in [0.25, 0.3) is 5.69 Å². The molecule has 0 radical (unpaired) electrons. The summed E-state index contributed by atoms with van der Waals surface area (Å²) < 4.78 is 1.71. The molecule has 0 saturated carbocycles. The van der Waals surface area contributed by atoms with Crippen LogP contribution in [0.5, 0.6) is 5.75 Å². The average molecular weight is 324 g/mol. The van der Waals surface area contributed by atoms with Gasteiger partial charge in [-0.15, -0.1) is 0 Å². The SMILES string of the molecule is CC(C)(C)c1cc(NOc2ccccc2)n(-c2ccc(=O)[nH]c2)n1. The van der Waals surface area contributed by atoms with Gasteiger partial charge in [0, 0.05) is 23.7 Å². The van der Waals surface area contributed by atoms with E-state index in [1.807, 2.05) is 36.4 Å². The monoisotopic (exact) mass is 324 g/mol. The van der Waals surface area contributed by atoms with Crippen molar-refractivity contribution in [3.8, 4) is 11.4 Å². The number of aromatic nitrogens is 3. The van der Waals surface area contributed by atoms with Gasteiger partial charge in [-0.1, -0.05) is 39.0 Å². The van der Waals surface area contributed by atoms with Gasteiger partial charge in [0.15, 0.2) is 11.6 Å². The molecule has 3 rings (SSSR count). The van der Waals surface area contributed by atoms with Crippen molar-refractivity contribution in [3.05, 3.63) is 70.8 Å². The number of rotatable bonds is 4. The molecule has 6 nitrogen and oxygen atoms in total. The highest BCUT2D eigenvalue weighted by atomic mass is 16.6. The van der Waals surface area contributed by atoms with E-state index in [4.69, 9.17) is 4.84 Å². The Bertz CT molecular complexity index is 856. The minimum absolute atomic E-state index is 0.114. The van der Waals surface area contributed by atoms with Crippen LogP contribution in [0.2, 0.25) is 0 Å². The van der Waals surface area contributed by atoms with Gasteiger partial charge < -0.3 is 9.82 Å². The smallest absolute Gasteiger partial charge is 0.248 e. The van der Waals surface area contributed by atoms with E-state index in [-0.39, 0.29) is 11.0 Å². The molecule has 2 heterocycles. The second-order valence-electron chi connectivity index (χ2n) is 6.50. The van der Waals surface area contributed by atoms with Gasteiger partial charge in [-0.05, 0) is 18.2 Å². The van der Waals surface area contributed by atoms with E-state index in [1.165, 1.54) is 6.07 Å². The predicted octanol–water partition coefficient (Wildman–Crippen LogP) is 3.26. The Balaban J connectivity index is 1.95. The lowest BCUT2D eigenvalue weighted by molar-refractivity contribution is 0.400. The minimum atomic E-state index is -0.156. The van der Waals surface area contributed by atoms with Crippen LogP contribution in [-0.4, -0.2) is 14.8 Å². The van der Waals surface area contributed by atoms with E-state index in [1.54, 1.807) is 16.9 Å². The van der Waals surface area contributed by atoms with Crippen LogP contribution < -0.4 is 15.9 Å². The Morgan fingerprint density at radius 1 is 1.12 bits per heavy atom. The van der Waals surface area contributed by atoms with Gasteiger partial charge in [-0.25, -0.2) is 10.2 Å². The quantitative estimate of drug-likeness (QED) is 0.723. The largest absolute Gasteiger partial charge is 0.381 e. The maximum Gasteiger partial charge on any atom is 0.248 e. The van der Waals surface area contributed by atoms with Crippen LogP contribution in [0.15, 0.2) is 59.5 Å². The predicted molar refractivity (Wildman–Crippen MR) is 93.6 cm³/mol. The van der Waals surface area contributed by atoms with Crippen molar-refractivity contribution >= 4 is 5.82 Å². The van der Waals surface area contributed by atoms with Crippen LogP contribution in [0.4, 0.5) is 5.82 Å². The highest BCUT2D eigenvalue weighted by molar-refractivity contribution is 5.45. The molecule has 0 aliphatic heterocycles. The molecule has 0 bridgehead atoms. The number of nitrogens with one attached hydrogen (secondary N) is 2. The molecule has 124 valence electrons. The fourth-order valence-corrected chi connectivity index (χ4v) is 2.15. The van der Waals surface area contributed by atoms with E-state index in [0.717, 1.165) is 11.4 Å². The number of nitrogens with zero attached hydrogens (tertiary/aromatic N) is 2. The number of H-pyrrole nitrogens is 1. The van der Waals surface area contributed by atoms with Crippen LogP contribution >= 0.6 is 0 Å². The zero-order valence-corrected chi connectivity index (χ0v) is 13.9. The van der Waals surface area contributed by atoms with Crippen molar-refractivity contribution in [3.63, 3.8) is 0 Å². The molecule has 0 aliphatic rings. The molecule has 0 atom stereocenters. The van der Waals surface area contributed by atoms with E-state index in [0.29, 0.717) is 11.6 Å². The third kappa shape index (κ3) is 3.48.